The zero-order valence-corrected chi connectivity index (χ0v) is 15.4. The van der Waals surface area contributed by atoms with Crippen LogP contribution in [0.2, 0.25) is 0 Å². The van der Waals surface area contributed by atoms with Gasteiger partial charge in [-0.25, -0.2) is 0 Å². The highest BCUT2D eigenvalue weighted by molar-refractivity contribution is 5.92. The van der Waals surface area contributed by atoms with Crippen molar-refractivity contribution in [1.29, 1.82) is 0 Å². The van der Waals surface area contributed by atoms with Gasteiger partial charge in [-0.15, -0.1) is 5.10 Å². The Labute approximate surface area is 154 Å². The smallest absolute Gasteiger partial charge is 0.273 e. The number of benzene rings is 2. The lowest BCUT2D eigenvalue weighted by Crippen LogP contribution is -2.32. The molecule has 0 spiro atoms. The molecule has 0 saturated carbocycles. The van der Waals surface area contributed by atoms with Gasteiger partial charge in [-0.1, -0.05) is 63.2 Å². The Morgan fingerprint density at radius 1 is 1.08 bits per heavy atom. The van der Waals surface area contributed by atoms with Crippen LogP contribution < -0.4 is 5.32 Å². The minimum atomic E-state index is -0.217. The zero-order chi connectivity index (χ0) is 18.5. The number of carbonyl (C=O) groups is 1. The SMILES string of the molecule is CCc1ccc(C(NC(=O)c2cnn(-c3ccccc3)n2)C(C)C)cc1. The number of nitrogens with zero attached hydrogens (tertiary/aromatic N) is 3. The molecule has 1 N–H and O–H groups in total. The van der Waals surface area contributed by atoms with E-state index in [1.54, 1.807) is 0 Å². The lowest BCUT2D eigenvalue weighted by molar-refractivity contribution is 0.0920. The third-order valence-electron chi connectivity index (χ3n) is 4.41. The summed E-state index contributed by atoms with van der Waals surface area (Å²) in [5, 5.41) is 11.6. The average molecular weight is 348 g/mol. The number of hydrogen-bond donors (Lipinski definition) is 1. The quantitative estimate of drug-likeness (QED) is 0.733. The van der Waals surface area contributed by atoms with Crippen molar-refractivity contribution in [1.82, 2.24) is 20.3 Å². The van der Waals surface area contributed by atoms with Crippen LogP contribution in [0.25, 0.3) is 5.69 Å². The standard InChI is InChI=1S/C21H24N4O/c1-4-16-10-12-17(13-11-16)20(15(2)3)23-21(26)19-14-22-25(24-19)18-8-6-5-7-9-18/h5-15,20H,4H2,1-3H3,(H,23,26). The van der Waals surface area contributed by atoms with Crippen molar-refractivity contribution in [2.75, 3.05) is 0 Å². The third kappa shape index (κ3) is 3.99. The number of nitrogens with one attached hydrogen (secondary N) is 1. The van der Waals surface area contributed by atoms with Gasteiger partial charge in [0.15, 0.2) is 5.69 Å². The first-order valence-corrected chi connectivity index (χ1v) is 8.96. The Morgan fingerprint density at radius 3 is 2.38 bits per heavy atom. The molecule has 0 radical (unpaired) electrons. The van der Waals surface area contributed by atoms with Gasteiger partial charge in [-0.3, -0.25) is 4.79 Å². The van der Waals surface area contributed by atoms with E-state index in [9.17, 15) is 4.79 Å². The number of aryl methyl sites for hydroxylation is 1. The summed E-state index contributed by atoms with van der Waals surface area (Å²) in [7, 11) is 0. The van der Waals surface area contributed by atoms with E-state index in [1.807, 2.05) is 30.3 Å². The molecule has 0 aliphatic heterocycles. The lowest BCUT2D eigenvalue weighted by Gasteiger charge is -2.22. The summed E-state index contributed by atoms with van der Waals surface area (Å²) in [5.74, 6) is 0.0426. The van der Waals surface area contributed by atoms with Crippen molar-refractivity contribution in [2.45, 2.75) is 33.2 Å². The van der Waals surface area contributed by atoms with Gasteiger partial charge in [0.25, 0.3) is 5.91 Å². The highest BCUT2D eigenvalue weighted by atomic mass is 16.2. The topological polar surface area (TPSA) is 59.8 Å². The van der Waals surface area contributed by atoms with E-state index >= 15 is 0 Å². The highest BCUT2D eigenvalue weighted by Crippen LogP contribution is 2.22. The maximum atomic E-state index is 12.7. The van der Waals surface area contributed by atoms with Gasteiger partial charge in [0.1, 0.15) is 0 Å². The Morgan fingerprint density at radius 2 is 1.77 bits per heavy atom. The molecule has 1 atom stereocenters. The largest absolute Gasteiger partial charge is 0.344 e. The molecule has 0 saturated heterocycles. The van der Waals surface area contributed by atoms with E-state index in [0.29, 0.717) is 5.69 Å². The number of amides is 1. The summed E-state index contributed by atoms with van der Waals surface area (Å²) in [6.45, 7) is 6.33. The van der Waals surface area contributed by atoms with E-state index in [0.717, 1.165) is 17.7 Å². The van der Waals surface area contributed by atoms with Gasteiger partial charge in [0, 0.05) is 0 Å². The van der Waals surface area contributed by atoms with Gasteiger partial charge < -0.3 is 5.32 Å². The second-order valence-corrected chi connectivity index (χ2v) is 6.65. The van der Waals surface area contributed by atoms with E-state index in [-0.39, 0.29) is 17.9 Å². The van der Waals surface area contributed by atoms with Crippen LogP contribution in [0, 0.1) is 5.92 Å². The molecule has 5 heteroatoms. The predicted molar refractivity (Wildman–Crippen MR) is 102 cm³/mol. The second kappa shape index (κ2) is 7.95. The van der Waals surface area contributed by atoms with Gasteiger partial charge >= 0.3 is 0 Å². The first-order valence-electron chi connectivity index (χ1n) is 8.96. The predicted octanol–water partition coefficient (Wildman–Crippen LogP) is 3.96. The van der Waals surface area contributed by atoms with Crippen LogP contribution in [0.5, 0.6) is 0 Å². The van der Waals surface area contributed by atoms with Gasteiger partial charge in [0.05, 0.1) is 17.9 Å². The van der Waals surface area contributed by atoms with Crippen molar-refractivity contribution in [3.8, 4) is 5.69 Å². The van der Waals surface area contributed by atoms with Crippen molar-refractivity contribution in [2.24, 2.45) is 5.92 Å². The molecule has 0 fully saturated rings. The normalized spacial score (nSPS) is 12.2. The number of para-hydroxylation sites is 1. The van der Waals surface area contributed by atoms with Crippen LogP contribution in [0.1, 0.15) is 48.4 Å². The summed E-state index contributed by atoms with van der Waals surface area (Å²) in [5.41, 5.74) is 3.51. The molecule has 3 rings (SSSR count). The minimum absolute atomic E-state index is 0.0738. The number of hydrogen-bond acceptors (Lipinski definition) is 3. The van der Waals surface area contributed by atoms with E-state index < -0.39 is 0 Å². The van der Waals surface area contributed by atoms with Crippen molar-refractivity contribution < 1.29 is 4.79 Å². The van der Waals surface area contributed by atoms with E-state index in [4.69, 9.17) is 0 Å². The molecule has 3 aromatic rings. The molecule has 1 aromatic heterocycles. The maximum Gasteiger partial charge on any atom is 0.273 e. The Bertz CT molecular complexity index is 853. The molecule has 26 heavy (non-hydrogen) atoms. The van der Waals surface area contributed by atoms with Crippen LogP contribution in [0.15, 0.2) is 60.8 Å². The first-order chi connectivity index (χ1) is 12.6. The van der Waals surface area contributed by atoms with E-state index in [2.05, 4.69) is 60.6 Å². The molecule has 134 valence electrons. The van der Waals surface area contributed by atoms with Crippen LogP contribution in [0.3, 0.4) is 0 Å². The van der Waals surface area contributed by atoms with Gasteiger partial charge in [-0.2, -0.15) is 9.90 Å². The first kappa shape index (κ1) is 17.9. The van der Waals surface area contributed by atoms with Crippen molar-refractivity contribution in [3.63, 3.8) is 0 Å². The van der Waals surface area contributed by atoms with Crippen LogP contribution in [-0.2, 0) is 6.42 Å². The van der Waals surface area contributed by atoms with Crippen LogP contribution in [0.4, 0.5) is 0 Å². The minimum Gasteiger partial charge on any atom is -0.344 e. The summed E-state index contributed by atoms with van der Waals surface area (Å²) >= 11 is 0. The third-order valence-corrected chi connectivity index (χ3v) is 4.41. The molecule has 0 bridgehead atoms. The average Bonchev–Trinajstić information content (AvgIpc) is 3.17. The molecule has 1 heterocycles. The molecule has 5 nitrogen and oxygen atoms in total. The van der Waals surface area contributed by atoms with Crippen molar-refractivity contribution >= 4 is 5.91 Å². The summed E-state index contributed by atoms with van der Waals surface area (Å²) in [6, 6.07) is 17.9. The molecule has 0 aliphatic rings. The second-order valence-electron chi connectivity index (χ2n) is 6.65. The molecular weight excluding hydrogens is 324 g/mol. The fourth-order valence-electron chi connectivity index (χ4n) is 2.86. The Kier molecular flexibility index (Phi) is 5.46. The Hall–Kier alpha value is -2.95. The summed E-state index contributed by atoms with van der Waals surface area (Å²) < 4.78 is 0. The molecule has 2 aromatic carbocycles. The van der Waals surface area contributed by atoms with E-state index in [1.165, 1.54) is 16.6 Å². The number of rotatable bonds is 6. The Balaban J connectivity index is 1.77. The van der Waals surface area contributed by atoms with Crippen molar-refractivity contribution in [3.05, 3.63) is 77.6 Å². The lowest BCUT2D eigenvalue weighted by atomic mass is 9.95. The van der Waals surface area contributed by atoms with Gasteiger partial charge in [0.2, 0.25) is 0 Å². The summed E-state index contributed by atoms with van der Waals surface area (Å²) in [6.07, 6.45) is 2.50. The molecular formula is C21H24N4O. The molecule has 0 aliphatic carbocycles. The summed E-state index contributed by atoms with van der Waals surface area (Å²) in [4.78, 5) is 14.1. The fourth-order valence-corrected chi connectivity index (χ4v) is 2.86. The number of aromatic nitrogens is 3. The van der Waals surface area contributed by atoms with Crippen LogP contribution >= 0.6 is 0 Å². The highest BCUT2D eigenvalue weighted by Gasteiger charge is 2.21. The fraction of sp³-hybridized carbons (Fsp3) is 0.286. The van der Waals surface area contributed by atoms with Crippen LogP contribution in [-0.4, -0.2) is 20.9 Å². The monoisotopic (exact) mass is 348 g/mol. The number of carbonyl (C=O) groups excluding carboxylic acids is 1. The zero-order valence-electron chi connectivity index (χ0n) is 15.4. The van der Waals surface area contributed by atoms with Gasteiger partial charge in [-0.05, 0) is 35.6 Å². The maximum absolute atomic E-state index is 12.7. The molecule has 1 unspecified atom stereocenters. The molecule has 1 amide bonds.